The minimum absolute atomic E-state index is 0.195. The first-order valence-corrected chi connectivity index (χ1v) is 5.53. The number of hydrogen-bond acceptors (Lipinski definition) is 3. The van der Waals surface area contributed by atoms with Crippen LogP contribution in [0.5, 0.6) is 0 Å². The second-order valence-electron chi connectivity index (χ2n) is 4.05. The van der Waals surface area contributed by atoms with Gasteiger partial charge in [0.15, 0.2) is 6.23 Å². The molecule has 1 aromatic carbocycles. The maximum absolute atomic E-state index is 11.6. The molecule has 0 N–H and O–H groups in total. The molecule has 4 heteroatoms. The molecule has 2 aliphatic heterocycles. The van der Waals surface area contributed by atoms with Crippen LogP contribution >= 0.6 is 0 Å². The fourth-order valence-electron chi connectivity index (χ4n) is 2.25. The lowest BCUT2D eigenvalue weighted by Gasteiger charge is -2.30. The van der Waals surface area contributed by atoms with E-state index in [9.17, 15) is 4.79 Å². The molecule has 16 heavy (non-hydrogen) atoms. The Morgan fingerprint density at radius 1 is 1.25 bits per heavy atom. The molecule has 83 valence electrons. The predicted molar refractivity (Wildman–Crippen MR) is 58.0 cm³/mol. The predicted octanol–water partition coefficient (Wildman–Crippen LogP) is 0.776. The number of rotatable bonds is 1. The molecule has 0 aromatic heterocycles. The highest BCUT2D eigenvalue weighted by atomic mass is 16.6. The van der Waals surface area contributed by atoms with E-state index in [4.69, 9.17) is 4.74 Å². The summed E-state index contributed by atoms with van der Waals surface area (Å²) in [4.78, 5) is 13.8. The van der Waals surface area contributed by atoms with Gasteiger partial charge in [0.25, 0.3) is 0 Å². The highest BCUT2D eigenvalue weighted by Crippen LogP contribution is 2.33. The smallest absolute Gasteiger partial charge is 0.340 e. The summed E-state index contributed by atoms with van der Waals surface area (Å²) in [5, 5.41) is 4.29. The first kappa shape index (κ1) is 9.81. The van der Waals surface area contributed by atoms with Gasteiger partial charge in [-0.1, -0.05) is 18.2 Å². The van der Waals surface area contributed by atoms with Gasteiger partial charge in [-0.05, 0) is 6.07 Å². The van der Waals surface area contributed by atoms with Crippen molar-refractivity contribution >= 4 is 5.97 Å². The Morgan fingerprint density at radius 3 is 2.81 bits per heavy atom. The molecule has 0 saturated carbocycles. The molecule has 0 spiro atoms. The molecule has 4 nitrogen and oxygen atoms in total. The Kier molecular flexibility index (Phi) is 2.38. The highest BCUT2D eigenvalue weighted by molar-refractivity contribution is 5.93. The topological polar surface area (TPSA) is 43.6 Å². The Labute approximate surface area is 94.2 Å². The molecule has 1 unspecified atom stereocenters. The van der Waals surface area contributed by atoms with Gasteiger partial charge >= 0.3 is 5.97 Å². The number of carbonyl (C=O) groups is 1. The van der Waals surface area contributed by atoms with Crippen LogP contribution in [0.15, 0.2) is 24.3 Å². The first-order chi connectivity index (χ1) is 7.86. The van der Waals surface area contributed by atoms with Crippen molar-refractivity contribution in [2.75, 3.05) is 26.2 Å². The van der Waals surface area contributed by atoms with E-state index in [1.165, 1.54) is 0 Å². The van der Waals surface area contributed by atoms with E-state index < -0.39 is 0 Å². The van der Waals surface area contributed by atoms with E-state index in [-0.39, 0.29) is 12.2 Å². The first-order valence-electron chi connectivity index (χ1n) is 5.53. The summed E-state index contributed by atoms with van der Waals surface area (Å²) in [5.74, 6) is -0.205. The third kappa shape index (κ3) is 1.50. The second-order valence-corrected chi connectivity index (χ2v) is 4.05. The monoisotopic (exact) mass is 217 g/mol. The van der Waals surface area contributed by atoms with Crippen LogP contribution < -0.4 is 5.32 Å². The van der Waals surface area contributed by atoms with Crippen LogP contribution in [0.1, 0.15) is 22.1 Å². The Hall–Kier alpha value is -1.39. The van der Waals surface area contributed by atoms with E-state index in [0.717, 1.165) is 31.7 Å². The molecule has 2 aliphatic rings. The molecule has 3 rings (SSSR count). The third-order valence-corrected chi connectivity index (χ3v) is 3.09. The summed E-state index contributed by atoms with van der Waals surface area (Å²) in [6.07, 6.45) is -0.195. The van der Waals surface area contributed by atoms with Crippen LogP contribution in [-0.4, -0.2) is 37.0 Å². The number of piperazine rings is 1. The summed E-state index contributed by atoms with van der Waals surface area (Å²) < 4.78 is 5.42. The average Bonchev–Trinajstić information content (AvgIpc) is 2.69. The molecule has 2 heterocycles. The van der Waals surface area contributed by atoms with Gasteiger partial charge in [0.2, 0.25) is 0 Å². The summed E-state index contributed by atoms with van der Waals surface area (Å²) in [6.45, 7) is 3.39. The van der Waals surface area contributed by atoms with Gasteiger partial charge in [0.1, 0.15) is 0 Å². The quantitative estimate of drug-likeness (QED) is 0.653. The average molecular weight is 217 g/mol. The standard InChI is InChI=1S/C12H13N2O2/c15-12-10-4-2-1-3-9(10)11(16-12)14-7-5-13-6-8-14/h1-4,11H,5-8H2. The minimum atomic E-state index is -0.205. The van der Waals surface area contributed by atoms with Gasteiger partial charge in [-0.25, -0.2) is 10.1 Å². The number of hydrogen-bond donors (Lipinski definition) is 0. The van der Waals surface area contributed by atoms with Crippen LogP contribution in [0.4, 0.5) is 0 Å². The molecule has 0 aliphatic carbocycles. The molecule has 1 aromatic rings. The molecule has 0 bridgehead atoms. The van der Waals surface area contributed by atoms with Crippen molar-refractivity contribution in [1.29, 1.82) is 0 Å². The lowest BCUT2D eigenvalue weighted by Crippen LogP contribution is -2.42. The van der Waals surface area contributed by atoms with Gasteiger partial charge in [-0.2, -0.15) is 0 Å². The zero-order valence-electron chi connectivity index (χ0n) is 8.93. The number of fused-ring (bicyclic) bond motifs is 1. The number of carbonyl (C=O) groups excluding carboxylic acids is 1. The van der Waals surface area contributed by atoms with Crippen LogP contribution in [0.25, 0.3) is 0 Å². The van der Waals surface area contributed by atoms with E-state index in [1.54, 1.807) is 0 Å². The molecular weight excluding hydrogens is 204 g/mol. The van der Waals surface area contributed by atoms with Crippen molar-refractivity contribution in [2.45, 2.75) is 6.23 Å². The van der Waals surface area contributed by atoms with E-state index in [1.807, 2.05) is 24.3 Å². The highest BCUT2D eigenvalue weighted by Gasteiger charge is 2.35. The lowest BCUT2D eigenvalue weighted by atomic mass is 10.1. The zero-order chi connectivity index (χ0) is 11.0. The summed E-state index contributed by atoms with van der Waals surface area (Å²) in [5.41, 5.74) is 1.70. The van der Waals surface area contributed by atoms with Crippen molar-refractivity contribution in [3.63, 3.8) is 0 Å². The lowest BCUT2D eigenvalue weighted by molar-refractivity contribution is -0.0276. The molecular formula is C12H13N2O2. The fourth-order valence-corrected chi connectivity index (χ4v) is 2.25. The van der Waals surface area contributed by atoms with Crippen molar-refractivity contribution in [3.05, 3.63) is 35.4 Å². The number of cyclic esters (lactones) is 1. The van der Waals surface area contributed by atoms with Crippen LogP contribution in [0.3, 0.4) is 0 Å². The van der Waals surface area contributed by atoms with E-state index in [0.29, 0.717) is 5.56 Å². The fraction of sp³-hybridized carbons (Fsp3) is 0.417. The number of nitrogens with zero attached hydrogens (tertiary/aromatic N) is 2. The van der Waals surface area contributed by atoms with Gasteiger partial charge < -0.3 is 4.74 Å². The van der Waals surface area contributed by atoms with Gasteiger partial charge in [-0.15, -0.1) is 0 Å². The molecule has 1 radical (unpaired) electrons. The van der Waals surface area contributed by atoms with Crippen molar-refractivity contribution in [1.82, 2.24) is 10.2 Å². The number of esters is 1. The minimum Gasteiger partial charge on any atom is -0.438 e. The number of benzene rings is 1. The largest absolute Gasteiger partial charge is 0.438 e. The summed E-state index contributed by atoms with van der Waals surface area (Å²) >= 11 is 0. The molecule has 1 fully saturated rings. The van der Waals surface area contributed by atoms with Crippen LogP contribution in [0, 0.1) is 0 Å². The van der Waals surface area contributed by atoms with Crippen LogP contribution in [0.2, 0.25) is 0 Å². The van der Waals surface area contributed by atoms with Crippen molar-refractivity contribution in [3.8, 4) is 0 Å². The van der Waals surface area contributed by atoms with E-state index in [2.05, 4.69) is 10.2 Å². The Balaban J connectivity index is 1.90. The van der Waals surface area contributed by atoms with Gasteiger partial charge in [-0.3, -0.25) is 4.90 Å². The Bertz CT molecular complexity index is 413. The van der Waals surface area contributed by atoms with E-state index >= 15 is 0 Å². The molecule has 1 saturated heterocycles. The summed E-state index contributed by atoms with van der Waals surface area (Å²) in [7, 11) is 0. The summed E-state index contributed by atoms with van der Waals surface area (Å²) in [6, 6.07) is 7.61. The van der Waals surface area contributed by atoms with Gasteiger partial charge in [0, 0.05) is 31.7 Å². The molecule has 0 amide bonds. The number of ether oxygens (including phenoxy) is 1. The Morgan fingerprint density at radius 2 is 2.00 bits per heavy atom. The maximum atomic E-state index is 11.6. The normalized spacial score (nSPS) is 25.2. The SMILES string of the molecule is O=C1OC(N2CC[N]CC2)c2ccccc21. The van der Waals surface area contributed by atoms with Crippen LogP contribution in [-0.2, 0) is 4.74 Å². The maximum Gasteiger partial charge on any atom is 0.340 e. The molecule has 1 atom stereocenters. The van der Waals surface area contributed by atoms with Gasteiger partial charge in [0.05, 0.1) is 5.56 Å². The van der Waals surface area contributed by atoms with Crippen molar-refractivity contribution < 1.29 is 9.53 Å². The van der Waals surface area contributed by atoms with Crippen molar-refractivity contribution in [2.24, 2.45) is 0 Å². The third-order valence-electron chi connectivity index (χ3n) is 3.09. The second kappa shape index (κ2) is 3.88. The zero-order valence-corrected chi connectivity index (χ0v) is 8.93.